The molecule has 0 unspecified atom stereocenters. The number of aryl methyl sites for hydroxylation is 1. The number of amides is 1. The van der Waals surface area contributed by atoms with Gasteiger partial charge in [0.05, 0.1) is 5.69 Å². The van der Waals surface area contributed by atoms with Crippen molar-refractivity contribution in [3.8, 4) is 11.3 Å². The molecule has 1 amide bonds. The molecule has 26 heavy (non-hydrogen) atoms. The van der Waals surface area contributed by atoms with Gasteiger partial charge in [-0.3, -0.25) is 9.20 Å². The molecule has 6 heteroatoms. The monoisotopic (exact) mass is 365 g/mol. The van der Waals surface area contributed by atoms with E-state index in [0.29, 0.717) is 18.5 Å². The van der Waals surface area contributed by atoms with Gasteiger partial charge in [0.2, 0.25) is 5.91 Å². The van der Waals surface area contributed by atoms with E-state index >= 15 is 0 Å². The largest absolute Gasteiger partial charge is 0.326 e. The maximum Gasteiger partial charge on any atom is 0.224 e. The predicted molar refractivity (Wildman–Crippen MR) is 102 cm³/mol. The number of fused-ring (bicyclic) bond motifs is 1. The molecule has 2 heterocycles. The molecule has 0 fully saturated rings. The Morgan fingerprint density at radius 3 is 2.81 bits per heavy atom. The summed E-state index contributed by atoms with van der Waals surface area (Å²) in [4.78, 5) is 17.7. The minimum Gasteiger partial charge on any atom is -0.326 e. The second-order valence-electron chi connectivity index (χ2n) is 5.93. The first kappa shape index (κ1) is 16.5. The number of hydrogen-bond acceptors (Lipinski definition) is 3. The van der Waals surface area contributed by atoms with Gasteiger partial charge in [-0.2, -0.15) is 0 Å². The fourth-order valence-electron chi connectivity index (χ4n) is 2.79. The Kier molecular flexibility index (Phi) is 4.50. The zero-order valence-electron chi connectivity index (χ0n) is 13.9. The van der Waals surface area contributed by atoms with Crippen LogP contribution >= 0.6 is 11.3 Å². The van der Waals surface area contributed by atoms with Crippen molar-refractivity contribution >= 4 is 27.9 Å². The molecule has 0 aliphatic heterocycles. The fraction of sp³-hybridized carbons (Fsp3) is 0.100. The van der Waals surface area contributed by atoms with E-state index in [1.165, 1.54) is 12.1 Å². The summed E-state index contributed by atoms with van der Waals surface area (Å²) in [6.07, 6.45) is 2.91. The van der Waals surface area contributed by atoms with Crippen molar-refractivity contribution < 1.29 is 9.18 Å². The summed E-state index contributed by atoms with van der Waals surface area (Å²) in [7, 11) is 0. The molecule has 1 N–H and O–H groups in total. The quantitative estimate of drug-likeness (QED) is 0.554. The lowest BCUT2D eigenvalue weighted by molar-refractivity contribution is -0.116. The molecule has 0 spiro atoms. The fourth-order valence-corrected chi connectivity index (χ4v) is 3.70. The third-order valence-electron chi connectivity index (χ3n) is 4.07. The third kappa shape index (κ3) is 3.50. The number of carbonyl (C=O) groups is 1. The lowest BCUT2D eigenvalue weighted by Gasteiger charge is -2.05. The highest BCUT2D eigenvalue weighted by Gasteiger charge is 2.11. The van der Waals surface area contributed by atoms with Gasteiger partial charge >= 0.3 is 0 Å². The standard InChI is InChI=1S/C20H16FN3OS/c21-15-7-4-8-16(11-15)22-19(25)10-9-17-13-26-20-23-18(12-24(17)20)14-5-2-1-3-6-14/h1-8,11-13H,9-10H2,(H,22,25). The van der Waals surface area contributed by atoms with Crippen LogP contribution in [-0.2, 0) is 11.2 Å². The summed E-state index contributed by atoms with van der Waals surface area (Å²) in [5.74, 6) is -0.507. The number of anilines is 1. The number of carbonyl (C=O) groups excluding carboxylic acids is 1. The summed E-state index contributed by atoms with van der Waals surface area (Å²) in [6.45, 7) is 0. The average Bonchev–Trinajstić information content (AvgIpc) is 3.22. The van der Waals surface area contributed by atoms with Crippen LogP contribution in [-0.4, -0.2) is 15.3 Å². The summed E-state index contributed by atoms with van der Waals surface area (Å²) < 4.78 is 15.2. The molecule has 2 aromatic carbocycles. The molecule has 0 atom stereocenters. The van der Waals surface area contributed by atoms with Crippen LogP contribution in [0.3, 0.4) is 0 Å². The van der Waals surface area contributed by atoms with Crippen LogP contribution in [0.15, 0.2) is 66.2 Å². The van der Waals surface area contributed by atoms with E-state index in [1.807, 2.05) is 46.3 Å². The Labute approximate surface area is 153 Å². The van der Waals surface area contributed by atoms with Crippen molar-refractivity contribution in [3.63, 3.8) is 0 Å². The normalized spacial score (nSPS) is 11.0. The molecule has 0 aliphatic carbocycles. The van der Waals surface area contributed by atoms with Crippen molar-refractivity contribution in [1.29, 1.82) is 0 Å². The number of hydrogen-bond donors (Lipinski definition) is 1. The number of halogens is 1. The summed E-state index contributed by atoms with van der Waals surface area (Å²) in [5.41, 5.74) is 3.50. The van der Waals surface area contributed by atoms with E-state index in [9.17, 15) is 9.18 Å². The van der Waals surface area contributed by atoms with E-state index in [1.54, 1.807) is 23.5 Å². The van der Waals surface area contributed by atoms with Crippen LogP contribution in [0, 0.1) is 5.82 Å². The zero-order valence-corrected chi connectivity index (χ0v) is 14.7. The number of imidazole rings is 1. The maximum absolute atomic E-state index is 13.2. The predicted octanol–water partition coefficient (Wildman–Crippen LogP) is 4.77. The van der Waals surface area contributed by atoms with Gasteiger partial charge in [0.25, 0.3) is 0 Å². The van der Waals surface area contributed by atoms with Crippen molar-refractivity contribution in [3.05, 3.63) is 77.7 Å². The van der Waals surface area contributed by atoms with Crippen LogP contribution in [0.2, 0.25) is 0 Å². The van der Waals surface area contributed by atoms with Gasteiger partial charge in [-0.1, -0.05) is 36.4 Å². The van der Waals surface area contributed by atoms with Gasteiger partial charge in [0.15, 0.2) is 4.96 Å². The maximum atomic E-state index is 13.2. The minimum atomic E-state index is -0.366. The molecule has 4 aromatic rings. The Morgan fingerprint density at radius 2 is 2.00 bits per heavy atom. The van der Waals surface area contributed by atoms with Crippen molar-refractivity contribution in [2.75, 3.05) is 5.32 Å². The lowest BCUT2D eigenvalue weighted by Crippen LogP contribution is -2.12. The molecule has 4 nitrogen and oxygen atoms in total. The first-order valence-electron chi connectivity index (χ1n) is 8.25. The van der Waals surface area contributed by atoms with E-state index < -0.39 is 0 Å². The van der Waals surface area contributed by atoms with Crippen molar-refractivity contribution in [2.45, 2.75) is 12.8 Å². The third-order valence-corrected chi connectivity index (χ3v) is 4.96. The number of nitrogens with one attached hydrogen (secondary N) is 1. The van der Waals surface area contributed by atoms with Crippen molar-refractivity contribution in [1.82, 2.24) is 9.38 Å². The molecular weight excluding hydrogens is 349 g/mol. The smallest absolute Gasteiger partial charge is 0.224 e. The van der Waals surface area contributed by atoms with Gasteiger partial charge in [0.1, 0.15) is 5.82 Å². The number of nitrogens with zero attached hydrogens (tertiary/aromatic N) is 2. The second kappa shape index (κ2) is 7.09. The van der Waals surface area contributed by atoms with E-state index in [4.69, 9.17) is 0 Å². The highest BCUT2D eigenvalue weighted by Crippen LogP contribution is 2.24. The molecule has 4 rings (SSSR count). The number of rotatable bonds is 5. The molecule has 2 aromatic heterocycles. The Balaban J connectivity index is 1.46. The molecule has 0 aliphatic rings. The second-order valence-corrected chi connectivity index (χ2v) is 6.77. The summed E-state index contributed by atoms with van der Waals surface area (Å²) >= 11 is 1.56. The zero-order chi connectivity index (χ0) is 17.9. The van der Waals surface area contributed by atoms with Gasteiger partial charge < -0.3 is 5.32 Å². The molecule has 0 bridgehead atoms. The number of benzene rings is 2. The highest BCUT2D eigenvalue weighted by molar-refractivity contribution is 7.15. The Hall–Kier alpha value is -2.99. The van der Waals surface area contributed by atoms with E-state index in [0.717, 1.165) is 21.9 Å². The van der Waals surface area contributed by atoms with Crippen molar-refractivity contribution in [2.24, 2.45) is 0 Å². The molecule has 130 valence electrons. The Bertz CT molecular complexity index is 1060. The number of aromatic nitrogens is 2. The van der Waals surface area contributed by atoms with Gasteiger partial charge in [-0.15, -0.1) is 11.3 Å². The van der Waals surface area contributed by atoms with E-state index in [2.05, 4.69) is 10.3 Å². The first-order chi connectivity index (χ1) is 12.7. The van der Waals surface area contributed by atoms with Gasteiger partial charge in [0, 0.05) is 34.9 Å². The molecule has 0 saturated heterocycles. The Morgan fingerprint density at radius 1 is 1.15 bits per heavy atom. The topological polar surface area (TPSA) is 46.4 Å². The summed E-state index contributed by atoms with van der Waals surface area (Å²) in [5, 5.41) is 4.74. The minimum absolute atomic E-state index is 0.140. The van der Waals surface area contributed by atoms with Crippen LogP contribution in [0.4, 0.5) is 10.1 Å². The van der Waals surface area contributed by atoms with Crippen LogP contribution in [0.1, 0.15) is 12.1 Å². The van der Waals surface area contributed by atoms with Crippen LogP contribution in [0.5, 0.6) is 0 Å². The molecule has 0 saturated carbocycles. The van der Waals surface area contributed by atoms with E-state index in [-0.39, 0.29) is 11.7 Å². The summed E-state index contributed by atoms with van der Waals surface area (Å²) in [6, 6.07) is 15.9. The SMILES string of the molecule is O=C(CCc1csc2nc(-c3ccccc3)cn12)Nc1cccc(F)c1. The molecule has 0 radical (unpaired) electrons. The van der Waals surface area contributed by atoms with Crippen LogP contribution in [0.25, 0.3) is 16.2 Å². The van der Waals surface area contributed by atoms with Gasteiger partial charge in [-0.25, -0.2) is 9.37 Å². The molecular formula is C20H16FN3OS. The number of thiazole rings is 1. The highest BCUT2D eigenvalue weighted by atomic mass is 32.1. The average molecular weight is 365 g/mol. The first-order valence-corrected chi connectivity index (χ1v) is 9.13. The van der Waals surface area contributed by atoms with Gasteiger partial charge in [-0.05, 0) is 24.6 Å². The lowest BCUT2D eigenvalue weighted by atomic mass is 10.2. The van der Waals surface area contributed by atoms with Crippen LogP contribution < -0.4 is 5.32 Å².